The van der Waals surface area contributed by atoms with E-state index in [0.717, 1.165) is 38.8 Å². The van der Waals surface area contributed by atoms with Crippen LogP contribution in [0.1, 0.15) is 53.6 Å². The van der Waals surface area contributed by atoms with Crippen LogP contribution < -0.4 is 26.6 Å². The standard InChI is InChI=1S/C21H26FN7O2/c1-10-17(21(31)24-12-4-6-23-7-5-12)18(29-28-10)19-25-15-8-13(22)14(9-16(15)26-19)27-20(30)11-2-3-11/h8-9,11-12,19,23,25-26H,2-7H2,1H3,(H,24,31)(H,27,30)(H,28,29). The molecule has 3 aliphatic rings. The van der Waals surface area contributed by atoms with Gasteiger partial charge in [-0.15, -0.1) is 0 Å². The van der Waals surface area contributed by atoms with Crippen molar-refractivity contribution in [2.75, 3.05) is 29.0 Å². The summed E-state index contributed by atoms with van der Waals surface area (Å²) in [4.78, 5) is 25.0. The maximum atomic E-state index is 14.5. The van der Waals surface area contributed by atoms with Gasteiger partial charge in [-0.25, -0.2) is 4.39 Å². The number of aromatic amines is 1. The highest BCUT2D eigenvalue weighted by Crippen LogP contribution is 2.39. The minimum Gasteiger partial charge on any atom is -0.359 e. The predicted molar refractivity (Wildman–Crippen MR) is 114 cm³/mol. The number of nitrogens with one attached hydrogen (secondary N) is 6. The molecule has 1 aromatic carbocycles. The Kier molecular flexibility index (Phi) is 5.01. The van der Waals surface area contributed by atoms with Crippen LogP contribution in [0.3, 0.4) is 0 Å². The number of aryl methyl sites for hydroxylation is 1. The summed E-state index contributed by atoms with van der Waals surface area (Å²) in [6.07, 6.45) is 2.97. The summed E-state index contributed by atoms with van der Waals surface area (Å²) >= 11 is 0. The molecule has 3 heterocycles. The van der Waals surface area contributed by atoms with Crippen LogP contribution in [0.15, 0.2) is 12.1 Å². The predicted octanol–water partition coefficient (Wildman–Crippen LogP) is 2.22. The molecule has 1 saturated heterocycles. The van der Waals surface area contributed by atoms with Crippen LogP contribution in [0.5, 0.6) is 0 Å². The van der Waals surface area contributed by atoms with Crippen molar-refractivity contribution >= 4 is 28.9 Å². The van der Waals surface area contributed by atoms with E-state index in [1.807, 2.05) is 0 Å². The molecule has 0 radical (unpaired) electrons. The van der Waals surface area contributed by atoms with Crippen molar-refractivity contribution < 1.29 is 14.0 Å². The Labute approximate surface area is 178 Å². The van der Waals surface area contributed by atoms with Gasteiger partial charge in [0.15, 0.2) is 0 Å². The van der Waals surface area contributed by atoms with Crippen molar-refractivity contribution in [2.45, 2.75) is 44.8 Å². The van der Waals surface area contributed by atoms with E-state index in [2.05, 4.69) is 36.8 Å². The number of benzene rings is 1. The van der Waals surface area contributed by atoms with Gasteiger partial charge in [0.1, 0.15) is 17.7 Å². The zero-order chi connectivity index (χ0) is 21.5. The molecule has 0 bridgehead atoms. The summed E-state index contributed by atoms with van der Waals surface area (Å²) in [7, 11) is 0. The first-order chi connectivity index (χ1) is 15.0. The Bertz CT molecular complexity index is 1030. The Balaban J connectivity index is 1.34. The van der Waals surface area contributed by atoms with Gasteiger partial charge < -0.3 is 26.6 Å². The SMILES string of the molecule is Cc1[nH]nc(C2Nc3cc(F)c(NC(=O)C4CC4)cc3N2)c1C(=O)NC1CCNCC1. The van der Waals surface area contributed by atoms with Crippen molar-refractivity contribution in [2.24, 2.45) is 5.92 Å². The monoisotopic (exact) mass is 427 g/mol. The number of fused-ring (bicyclic) bond motifs is 1. The topological polar surface area (TPSA) is 123 Å². The lowest BCUT2D eigenvalue weighted by atomic mass is 10.1. The number of anilines is 3. The molecule has 0 spiro atoms. The molecule has 2 aromatic rings. The van der Waals surface area contributed by atoms with Crippen molar-refractivity contribution in [3.05, 3.63) is 34.9 Å². The van der Waals surface area contributed by atoms with Gasteiger partial charge in [-0.05, 0) is 51.8 Å². The van der Waals surface area contributed by atoms with E-state index in [1.165, 1.54) is 6.07 Å². The van der Waals surface area contributed by atoms with Crippen LogP contribution >= 0.6 is 0 Å². The summed E-state index contributed by atoms with van der Waals surface area (Å²) in [5.41, 5.74) is 3.01. The number of piperidine rings is 1. The molecule has 1 atom stereocenters. The Hall–Kier alpha value is -3.14. The van der Waals surface area contributed by atoms with E-state index in [1.54, 1.807) is 13.0 Å². The van der Waals surface area contributed by atoms with Crippen LogP contribution in [-0.2, 0) is 4.79 Å². The zero-order valence-corrected chi connectivity index (χ0v) is 17.3. The number of rotatable bonds is 5. The van der Waals surface area contributed by atoms with E-state index in [9.17, 15) is 14.0 Å². The number of carbonyl (C=O) groups excluding carboxylic acids is 2. The second-order valence-corrected chi connectivity index (χ2v) is 8.47. The fourth-order valence-electron chi connectivity index (χ4n) is 4.14. The Morgan fingerprint density at radius 2 is 1.81 bits per heavy atom. The van der Waals surface area contributed by atoms with Crippen LogP contribution in [0.2, 0.25) is 0 Å². The van der Waals surface area contributed by atoms with Crippen molar-refractivity contribution in [1.29, 1.82) is 0 Å². The fourth-order valence-corrected chi connectivity index (χ4v) is 4.14. The summed E-state index contributed by atoms with van der Waals surface area (Å²) in [6.45, 7) is 3.57. The number of aromatic nitrogens is 2. The van der Waals surface area contributed by atoms with Crippen LogP contribution in [0.25, 0.3) is 0 Å². The highest BCUT2D eigenvalue weighted by molar-refractivity contribution is 5.98. The van der Waals surface area contributed by atoms with Crippen molar-refractivity contribution in [3.8, 4) is 0 Å². The van der Waals surface area contributed by atoms with Gasteiger partial charge in [-0.3, -0.25) is 14.7 Å². The Morgan fingerprint density at radius 3 is 2.52 bits per heavy atom. The van der Waals surface area contributed by atoms with E-state index < -0.39 is 12.0 Å². The van der Waals surface area contributed by atoms with Gasteiger partial charge in [0.05, 0.1) is 22.6 Å². The summed E-state index contributed by atoms with van der Waals surface area (Å²) in [5.74, 6) is -0.846. The summed E-state index contributed by atoms with van der Waals surface area (Å²) < 4.78 is 14.5. The molecule has 1 unspecified atom stereocenters. The molecule has 2 aliphatic heterocycles. The van der Waals surface area contributed by atoms with E-state index >= 15 is 0 Å². The molecule has 9 nitrogen and oxygen atoms in total. The second-order valence-electron chi connectivity index (χ2n) is 8.47. The quantitative estimate of drug-likeness (QED) is 0.435. The number of amides is 2. The number of H-pyrrole nitrogens is 1. The van der Waals surface area contributed by atoms with Gasteiger partial charge >= 0.3 is 0 Å². The van der Waals surface area contributed by atoms with Gasteiger partial charge in [-0.1, -0.05) is 0 Å². The summed E-state index contributed by atoms with van der Waals surface area (Å²) in [5, 5.41) is 22.7. The molecule has 10 heteroatoms. The maximum Gasteiger partial charge on any atom is 0.255 e. The highest BCUT2D eigenvalue weighted by Gasteiger charge is 2.33. The van der Waals surface area contributed by atoms with Gasteiger partial charge in [0.25, 0.3) is 5.91 Å². The first-order valence-electron chi connectivity index (χ1n) is 10.7. The van der Waals surface area contributed by atoms with Crippen LogP contribution in [0, 0.1) is 18.7 Å². The number of nitrogens with zero attached hydrogens (tertiary/aromatic N) is 1. The third-order valence-corrected chi connectivity index (χ3v) is 6.06. The lowest BCUT2D eigenvalue weighted by Crippen LogP contribution is -2.43. The molecule has 2 fully saturated rings. The molecular formula is C21H26FN7O2. The molecular weight excluding hydrogens is 401 g/mol. The molecule has 6 N–H and O–H groups in total. The number of hydrogen-bond donors (Lipinski definition) is 6. The van der Waals surface area contributed by atoms with E-state index in [4.69, 9.17) is 0 Å². The average molecular weight is 427 g/mol. The van der Waals surface area contributed by atoms with Gasteiger partial charge in [0, 0.05) is 23.7 Å². The Morgan fingerprint density at radius 1 is 1.10 bits per heavy atom. The average Bonchev–Trinajstić information content (AvgIpc) is 3.42. The lowest BCUT2D eigenvalue weighted by molar-refractivity contribution is -0.117. The lowest BCUT2D eigenvalue weighted by Gasteiger charge is -2.24. The molecule has 31 heavy (non-hydrogen) atoms. The summed E-state index contributed by atoms with van der Waals surface area (Å²) in [6, 6.07) is 3.05. The molecule has 1 aliphatic carbocycles. The molecule has 164 valence electrons. The van der Waals surface area contributed by atoms with Gasteiger partial charge in [0.2, 0.25) is 5.91 Å². The molecule has 2 amide bonds. The smallest absolute Gasteiger partial charge is 0.255 e. The molecule has 1 saturated carbocycles. The molecule has 5 rings (SSSR count). The second kappa shape index (κ2) is 7.84. The highest BCUT2D eigenvalue weighted by atomic mass is 19.1. The maximum absolute atomic E-state index is 14.5. The largest absolute Gasteiger partial charge is 0.359 e. The van der Waals surface area contributed by atoms with E-state index in [0.29, 0.717) is 28.3 Å². The van der Waals surface area contributed by atoms with Crippen LogP contribution in [-0.4, -0.2) is 41.1 Å². The normalized spacial score (nSPS) is 20.5. The number of carbonyl (C=O) groups is 2. The van der Waals surface area contributed by atoms with Crippen molar-refractivity contribution in [3.63, 3.8) is 0 Å². The fraction of sp³-hybridized carbons (Fsp3) is 0.476. The first kappa shape index (κ1) is 19.8. The van der Waals surface area contributed by atoms with Crippen LogP contribution in [0.4, 0.5) is 21.5 Å². The number of hydrogen-bond acceptors (Lipinski definition) is 6. The van der Waals surface area contributed by atoms with E-state index in [-0.39, 0.29) is 29.5 Å². The molecule has 1 aromatic heterocycles. The number of halogens is 1. The third kappa shape index (κ3) is 3.95. The zero-order valence-electron chi connectivity index (χ0n) is 17.3. The van der Waals surface area contributed by atoms with Gasteiger partial charge in [-0.2, -0.15) is 5.10 Å². The third-order valence-electron chi connectivity index (χ3n) is 6.06. The minimum atomic E-state index is -0.509. The minimum absolute atomic E-state index is 0.0143. The first-order valence-corrected chi connectivity index (χ1v) is 10.7. The van der Waals surface area contributed by atoms with Crippen molar-refractivity contribution in [1.82, 2.24) is 20.8 Å².